The molecule has 0 saturated carbocycles. The number of rotatable bonds is 8. The quantitative estimate of drug-likeness (QED) is 0.543. The second kappa shape index (κ2) is 13.3. The molecule has 2 heterocycles. The van der Waals surface area contributed by atoms with Crippen LogP contribution in [0.2, 0.25) is 0 Å². The van der Waals surface area contributed by atoms with Gasteiger partial charge in [-0.25, -0.2) is 9.59 Å². The van der Waals surface area contributed by atoms with Crippen LogP contribution in [0.3, 0.4) is 0 Å². The van der Waals surface area contributed by atoms with E-state index in [2.05, 4.69) is 47.3 Å². The molecule has 0 aromatic carbocycles. The molecule has 1 aromatic heterocycles. The van der Waals surface area contributed by atoms with Crippen LogP contribution < -0.4 is 5.32 Å². The number of nitrogens with zero attached hydrogens (tertiary/aromatic N) is 2. The molecule has 8 nitrogen and oxygen atoms in total. The molecule has 1 aliphatic rings. The number of hydrogen-bond donors (Lipinski definition) is 3. The molecule has 0 bridgehead atoms. The van der Waals surface area contributed by atoms with Crippen molar-refractivity contribution in [2.24, 2.45) is 5.92 Å². The van der Waals surface area contributed by atoms with Crippen molar-refractivity contribution in [2.45, 2.75) is 40.2 Å². The molecule has 29 heavy (non-hydrogen) atoms. The average molecular weight is 428 g/mol. The van der Waals surface area contributed by atoms with Crippen molar-refractivity contribution in [1.82, 2.24) is 15.1 Å². The van der Waals surface area contributed by atoms with Gasteiger partial charge in [-0.3, -0.25) is 9.69 Å². The Morgan fingerprint density at radius 3 is 2.21 bits per heavy atom. The van der Waals surface area contributed by atoms with Gasteiger partial charge >= 0.3 is 11.9 Å². The highest BCUT2D eigenvalue weighted by Crippen LogP contribution is 2.22. The van der Waals surface area contributed by atoms with Crippen LogP contribution in [0.15, 0.2) is 11.4 Å². The Balaban J connectivity index is 0.000000612. The van der Waals surface area contributed by atoms with Crippen LogP contribution in [0.5, 0.6) is 0 Å². The van der Waals surface area contributed by atoms with Crippen molar-refractivity contribution in [2.75, 3.05) is 39.3 Å². The van der Waals surface area contributed by atoms with Crippen LogP contribution in [0.1, 0.15) is 37.1 Å². The molecule has 164 valence electrons. The second-order valence-corrected chi connectivity index (χ2v) is 8.01. The van der Waals surface area contributed by atoms with Crippen LogP contribution in [0.4, 0.5) is 0 Å². The zero-order valence-corrected chi connectivity index (χ0v) is 18.3. The Labute approximate surface area is 176 Å². The normalized spacial score (nSPS) is 14.9. The number of carbonyl (C=O) groups is 3. The zero-order valence-electron chi connectivity index (χ0n) is 17.5. The highest BCUT2D eigenvalue weighted by atomic mass is 32.1. The first-order valence-corrected chi connectivity index (χ1v) is 10.9. The molecule has 1 aliphatic heterocycles. The number of nitrogens with one attached hydrogen (secondary N) is 1. The van der Waals surface area contributed by atoms with Gasteiger partial charge in [-0.15, -0.1) is 11.3 Å². The summed E-state index contributed by atoms with van der Waals surface area (Å²) in [6.07, 6.45) is 1.98. The maximum atomic E-state index is 12.3. The molecule has 1 fully saturated rings. The minimum absolute atomic E-state index is 0.201. The van der Waals surface area contributed by atoms with Gasteiger partial charge in [0.25, 0.3) is 0 Å². The Kier molecular flexibility index (Phi) is 11.5. The monoisotopic (exact) mass is 427 g/mol. The van der Waals surface area contributed by atoms with E-state index in [1.807, 2.05) is 11.3 Å². The zero-order chi connectivity index (χ0) is 21.8. The van der Waals surface area contributed by atoms with Crippen molar-refractivity contribution in [3.05, 3.63) is 21.9 Å². The fourth-order valence-corrected chi connectivity index (χ4v) is 4.09. The largest absolute Gasteiger partial charge is 0.473 e. The number of carboxylic acid groups (broad SMARTS) is 2. The number of piperidine rings is 1. The van der Waals surface area contributed by atoms with Gasteiger partial charge in [0.2, 0.25) is 5.91 Å². The summed E-state index contributed by atoms with van der Waals surface area (Å²) in [5.41, 5.74) is 1.39. The number of thiophene rings is 1. The van der Waals surface area contributed by atoms with Crippen LogP contribution in [-0.4, -0.2) is 77.1 Å². The summed E-state index contributed by atoms with van der Waals surface area (Å²) in [6.45, 7) is 13.4. The second-order valence-electron chi connectivity index (χ2n) is 7.01. The molecule has 0 radical (unpaired) electrons. The summed E-state index contributed by atoms with van der Waals surface area (Å²) >= 11 is 1.84. The van der Waals surface area contributed by atoms with E-state index in [0.717, 1.165) is 58.7 Å². The first-order chi connectivity index (χ1) is 13.8. The average Bonchev–Trinajstić information content (AvgIpc) is 3.10. The molecule has 9 heteroatoms. The Morgan fingerprint density at radius 1 is 1.17 bits per heavy atom. The van der Waals surface area contributed by atoms with Crippen LogP contribution in [-0.2, 0) is 20.9 Å². The van der Waals surface area contributed by atoms with Gasteiger partial charge in [-0.05, 0) is 63.0 Å². The lowest BCUT2D eigenvalue weighted by Gasteiger charge is -2.31. The summed E-state index contributed by atoms with van der Waals surface area (Å²) < 4.78 is 0. The summed E-state index contributed by atoms with van der Waals surface area (Å²) in [5.74, 6) is -3.19. The summed E-state index contributed by atoms with van der Waals surface area (Å²) in [7, 11) is 0. The van der Waals surface area contributed by atoms with Crippen molar-refractivity contribution < 1.29 is 24.6 Å². The third kappa shape index (κ3) is 9.38. The molecular formula is C20H33N3O5S. The van der Waals surface area contributed by atoms with E-state index in [0.29, 0.717) is 0 Å². The van der Waals surface area contributed by atoms with Gasteiger partial charge in [0, 0.05) is 30.4 Å². The third-order valence-corrected chi connectivity index (χ3v) is 6.11. The highest BCUT2D eigenvalue weighted by molar-refractivity contribution is 7.10. The van der Waals surface area contributed by atoms with Crippen molar-refractivity contribution in [3.63, 3.8) is 0 Å². The number of carboxylic acids is 2. The molecule has 0 aliphatic carbocycles. The molecule has 1 amide bonds. The van der Waals surface area contributed by atoms with Crippen molar-refractivity contribution in [1.29, 1.82) is 0 Å². The fraction of sp³-hybridized carbons (Fsp3) is 0.650. The van der Waals surface area contributed by atoms with E-state index in [1.165, 1.54) is 10.4 Å². The molecular weight excluding hydrogens is 394 g/mol. The van der Waals surface area contributed by atoms with Gasteiger partial charge < -0.3 is 20.4 Å². The Morgan fingerprint density at radius 2 is 1.76 bits per heavy atom. The SMILES string of the molecule is CCN(CC)CCNC(=O)C1CCN(Cc2sccc2C)CC1.O=C(O)C(=O)O. The van der Waals surface area contributed by atoms with Gasteiger partial charge in [-0.2, -0.15) is 0 Å². The predicted octanol–water partition coefficient (Wildman–Crippen LogP) is 1.88. The highest BCUT2D eigenvalue weighted by Gasteiger charge is 2.25. The maximum absolute atomic E-state index is 12.3. The third-order valence-electron chi connectivity index (χ3n) is 5.10. The van der Waals surface area contributed by atoms with Crippen LogP contribution in [0.25, 0.3) is 0 Å². The topological polar surface area (TPSA) is 110 Å². The molecule has 0 atom stereocenters. The van der Waals surface area contributed by atoms with Gasteiger partial charge in [0.05, 0.1) is 0 Å². The predicted molar refractivity (Wildman–Crippen MR) is 113 cm³/mol. The molecule has 0 unspecified atom stereocenters. The summed E-state index contributed by atoms with van der Waals surface area (Å²) in [4.78, 5) is 36.8. The summed E-state index contributed by atoms with van der Waals surface area (Å²) in [5, 5.41) is 20.1. The van der Waals surface area contributed by atoms with E-state index in [1.54, 1.807) is 0 Å². The minimum atomic E-state index is -1.82. The summed E-state index contributed by atoms with van der Waals surface area (Å²) in [6, 6.07) is 2.19. The molecule has 3 N–H and O–H groups in total. The minimum Gasteiger partial charge on any atom is -0.473 e. The first-order valence-electron chi connectivity index (χ1n) is 10.00. The van der Waals surface area contributed by atoms with Crippen molar-refractivity contribution >= 4 is 29.2 Å². The number of aryl methyl sites for hydroxylation is 1. The lowest BCUT2D eigenvalue weighted by molar-refractivity contribution is -0.159. The van der Waals surface area contributed by atoms with Gasteiger partial charge in [0.1, 0.15) is 0 Å². The number of carbonyl (C=O) groups excluding carboxylic acids is 1. The smallest absolute Gasteiger partial charge is 0.414 e. The number of amides is 1. The molecule has 1 saturated heterocycles. The van der Waals surface area contributed by atoms with E-state index in [4.69, 9.17) is 19.8 Å². The lowest BCUT2D eigenvalue weighted by Crippen LogP contribution is -2.42. The van der Waals surface area contributed by atoms with Gasteiger partial charge in [-0.1, -0.05) is 13.8 Å². The number of aliphatic carboxylic acids is 2. The van der Waals surface area contributed by atoms with Gasteiger partial charge in [0.15, 0.2) is 0 Å². The maximum Gasteiger partial charge on any atom is 0.414 e. The van der Waals surface area contributed by atoms with E-state index in [-0.39, 0.29) is 11.8 Å². The number of likely N-dealkylation sites (tertiary alicyclic amines) is 1. The van der Waals surface area contributed by atoms with Crippen LogP contribution >= 0.6 is 11.3 Å². The molecule has 0 spiro atoms. The molecule has 1 aromatic rings. The fourth-order valence-electron chi connectivity index (χ4n) is 3.14. The van der Waals surface area contributed by atoms with E-state index >= 15 is 0 Å². The molecule has 2 rings (SSSR count). The standard InChI is InChI=1S/C18H31N3OS.C2H2O4/c1-4-20(5-2)12-9-19-18(22)16-6-10-21(11-7-16)14-17-15(3)8-13-23-17;3-1(4)2(5)6/h8,13,16H,4-7,9-12,14H2,1-3H3,(H,19,22);(H,3,4)(H,5,6). The van der Waals surface area contributed by atoms with Crippen LogP contribution in [0, 0.1) is 12.8 Å². The number of hydrogen-bond acceptors (Lipinski definition) is 6. The Bertz CT molecular complexity index is 640. The Hall–Kier alpha value is -1.97. The lowest BCUT2D eigenvalue weighted by atomic mass is 9.96. The van der Waals surface area contributed by atoms with Crippen molar-refractivity contribution in [3.8, 4) is 0 Å². The number of likely N-dealkylation sites (N-methyl/N-ethyl adjacent to an activating group) is 1. The van der Waals surface area contributed by atoms with E-state index < -0.39 is 11.9 Å². The first kappa shape index (κ1) is 25.1. The van der Waals surface area contributed by atoms with E-state index in [9.17, 15) is 4.79 Å².